The Bertz CT molecular complexity index is 408. The molecule has 1 aromatic rings. The number of benzene rings is 1. The molecule has 1 heterocycles. The maximum atomic E-state index is 13.7. The molecule has 1 N–H and O–H groups in total. The first-order chi connectivity index (χ1) is 9.22. The lowest BCUT2D eigenvalue weighted by Gasteiger charge is -2.19. The third-order valence-electron chi connectivity index (χ3n) is 3.32. The molecule has 3 nitrogen and oxygen atoms in total. The highest BCUT2D eigenvalue weighted by molar-refractivity contribution is 5.22. The van der Waals surface area contributed by atoms with E-state index in [4.69, 9.17) is 9.47 Å². The van der Waals surface area contributed by atoms with E-state index in [9.17, 15) is 8.78 Å². The van der Waals surface area contributed by atoms with Crippen LogP contribution in [0.3, 0.4) is 0 Å². The van der Waals surface area contributed by atoms with Gasteiger partial charge < -0.3 is 14.8 Å². The quantitative estimate of drug-likeness (QED) is 0.862. The van der Waals surface area contributed by atoms with E-state index < -0.39 is 11.6 Å². The number of likely N-dealkylation sites (N-methyl/N-ethyl adjacent to an activating group) is 1. The Hall–Kier alpha value is -1.04. The van der Waals surface area contributed by atoms with Crippen molar-refractivity contribution in [2.75, 3.05) is 26.9 Å². The molecule has 1 aliphatic rings. The minimum Gasteiger partial charge on any atom is -0.377 e. The second kappa shape index (κ2) is 6.93. The van der Waals surface area contributed by atoms with Crippen LogP contribution in [0.4, 0.5) is 8.78 Å². The first-order valence-electron chi connectivity index (χ1n) is 6.53. The minimum atomic E-state index is -0.836. The van der Waals surface area contributed by atoms with Gasteiger partial charge in [-0.05, 0) is 26.0 Å². The summed E-state index contributed by atoms with van der Waals surface area (Å²) in [5.74, 6) is -1.65. The molecule has 1 aromatic carbocycles. The van der Waals surface area contributed by atoms with Crippen molar-refractivity contribution in [1.82, 2.24) is 5.32 Å². The molecule has 2 rings (SSSR count). The monoisotopic (exact) mass is 271 g/mol. The Kier molecular flexibility index (Phi) is 5.24. The maximum Gasteiger partial charge on any atom is 0.163 e. The van der Waals surface area contributed by atoms with Crippen molar-refractivity contribution >= 4 is 0 Å². The molecule has 1 saturated heterocycles. The number of hydrogen-bond acceptors (Lipinski definition) is 3. The van der Waals surface area contributed by atoms with E-state index in [0.717, 1.165) is 25.5 Å². The van der Waals surface area contributed by atoms with Crippen LogP contribution in [0.5, 0.6) is 0 Å². The third-order valence-corrected chi connectivity index (χ3v) is 3.32. The molecule has 0 aromatic heterocycles. The summed E-state index contributed by atoms with van der Waals surface area (Å²) in [6.07, 6.45) is 2.19. The first kappa shape index (κ1) is 14.4. The van der Waals surface area contributed by atoms with Crippen LogP contribution in [0, 0.1) is 11.6 Å². The summed E-state index contributed by atoms with van der Waals surface area (Å²) in [6, 6.07) is 3.81. The third kappa shape index (κ3) is 3.72. The van der Waals surface area contributed by atoms with E-state index in [1.807, 2.05) is 0 Å². The normalized spacial score (nSPS) is 20.7. The van der Waals surface area contributed by atoms with Crippen molar-refractivity contribution in [2.24, 2.45) is 0 Å². The molecule has 0 saturated carbocycles. The van der Waals surface area contributed by atoms with Crippen LogP contribution in [0.15, 0.2) is 18.2 Å². The van der Waals surface area contributed by atoms with Crippen molar-refractivity contribution in [3.8, 4) is 0 Å². The molecule has 2 unspecified atom stereocenters. The van der Waals surface area contributed by atoms with Gasteiger partial charge in [0.2, 0.25) is 0 Å². The topological polar surface area (TPSA) is 30.5 Å². The highest BCUT2D eigenvalue weighted by Gasteiger charge is 2.19. The standard InChI is InChI=1S/C14H19F2NO2/c1-17-13(9-18-8-10-4-3-7-19-10)11-5-2-6-12(15)14(11)16/h2,5-6,10,13,17H,3-4,7-9H2,1H3. The summed E-state index contributed by atoms with van der Waals surface area (Å²) >= 11 is 0. The molecule has 5 heteroatoms. The summed E-state index contributed by atoms with van der Waals surface area (Å²) < 4.78 is 37.8. The fourth-order valence-corrected chi connectivity index (χ4v) is 2.21. The first-order valence-corrected chi connectivity index (χ1v) is 6.53. The van der Waals surface area contributed by atoms with Crippen LogP contribution in [0.25, 0.3) is 0 Å². The van der Waals surface area contributed by atoms with Gasteiger partial charge in [-0.2, -0.15) is 0 Å². The predicted octanol–water partition coefficient (Wildman–Crippen LogP) is 2.42. The SMILES string of the molecule is CNC(COCC1CCCO1)c1cccc(F)c1F. The maximum absolute atomic E-state index is 13.7. The lowest BCUT2D eigenvalue weighted by molar-refractivity contribution is 0.0102. The molecule has 0 aliphatic carbocycles. The van der Waals surface area contributed by atoms with E-state index in [0.29, 0.717) is 6.61 Å². The second-order valence-corrected chi connectivity index (χ2v) is 4.66. The summed E-state index contributed by atoms with van der Waals surface area (Å²) in [4.78, 5) is 0. The lowest BCUT2D eigenvalue weighted by atomic mass is 10.1. The van der Waals surface area contributed by atoms with Crippen LogP contribution in [-0.4, -0.2) is 33.0 Å². The van der Waals surface area contributed by atoms with Crippen molar-refractivity contribution in [2.45, 2.75) is 25.0 Å². The van der Waals surface area contributed by atoms with Gasteiger partial charge >= 0.3 is 0 Å². The van der Waals surface area contributed by atoms with Gasteiger partial charge in [-0.25, -0.2) is 8.78 Å². The van der Waals surface area contributed by atoms with Gasteiger partial charge in [0.05, 0.1) is 25.4 Å². The number of hydrogen-bond donors (Lipinski definition) is 1. The number of nitrogens with one attached hydrogen (secondary N) is 1. The average molecular weight is 271 g/mol. The van der Waals surface area contributed by atoms with Gasteiger partial charge in [0.1, 0.15) is 0 Å². The van der Waals surface area contributed by atoms with Crippen LogP contribution in [0.2, 0.25) is 0 Å². The Morgan fingerprint density at radius 3 is 3.00 bits per heavy atom. The van der Waals surface area contributed by atoms with Gasteiger partial charge in [0.15, 0.2) is 11.6 Å². The van der Waals surface area contributed by atoms with Crippen molar-refractivity contribution in [1.29, 1.82) is 0 Å². The molecular formula is C14H19F2NO2. The van der Waals surface area contributed by atoms with Crippen molar-refractivity contribution in [3.05, 3.63) is 35.4 Å². The van der Waals surface area contributed by atoms with E-state index in [-0.39, 0.29) is 24.3 Å². The van der Waals surface area contributed by atoms with Crippen molar-refractivity contribution < 1.29 is 18.3 Å². The summed E-state index contributed by atoms with van der Waals surface area (Å²) in [5.41, 5.74) is 0.287. The van der Waals surface area contributed by atoms with E-state index >= 15 is 0 Å². The minimum absolute atomic E-state index is 0.134. The molecule has 1 fully saturated rings. The van der Waals surface area contributed by atoms with Gasteiger partial charge in [-0.1, -0.05) is 12.1 Å². The number of rotatable bonds is 6. The zero-order valence-corrected chi connectivity index (χ0v) is 11.0. The fraction of sp³-hybridized carbons (Fsp3) is 0.571. The molecule has 0 bridgehead atoms. The molecule has 106 valence electrons. The fourth-order valence-electron chi connectivity index (χ4n) is 2.21. The van der Waals surface area contributed by atoms with Crippen LogP contribution in [0.1, 0.15) is 24.4 Å². The van der Waals surface area contributed by atoms with Gasteiger partial charge in [0.25, 0.3) is 0 Å². The van der Waals surface area contributed by atoms with E-state index in [2.05, 4.69) is 5.32 Å². The Morgan fingerprint density at radius 2 is 2.32 bits per heavy atom. The number of halogens is 2. The second-order valence-electron chi connectivity index (χ2n) is 4.66. The van der Waals surface area contributed by atoms with Gasteiger partial charge in [-0.3, -0.25) is 0 Å². The van der Waals surface area contributed by atoms with E-state index in [1.165, 1.54) is 6.07 Å². The molecule has 0 spiro atoms. The largest absolute Gasteiger partial charge is 0.377 e. The lowest BCUT2D eigenvalue weighted by Crippen LogP contribution is -2.25. The van der Waals surface area contributed by atoms with E-state index in [1.54, 1.807) is 13.1 Å². The van der Waals surface area contributed by atoms with Crippen LogP contribution >= 0.6 is 0 Å². The van der Waals surface area contributed by atoms with Crippen molar-refractivity contribution in [3.63, 3.8) is 0 Å². The molecular weight excluding hydrogens is 252 g/mol. The predicted molar refractivity (Wildman–Crippen MR) is 68.0 cm³/mol. The molecule has 0 amide bonds. The zero-order valence-electron chi connectivity index (χ0n) is 11.0. The summed E-state index contributed by atoms with van der Waals surface area (Å²) in [7, 11) is 1.70. The molecule has 19 heavy (non-hydrogen) atoms. The molecule has 1 aliphatic heterocycles. The van der Waals surface area contributed by atoms with Crippen LogP contribution < -0.4 is 5.32 Å². The highest BCUT2D eigenvalue weighted by Crippen LogP contribution is 2.20. The Morgan fingerprint density at radius 1 is 1.47 bits per heavy atom. The Labute approximate surface area is 111 Å². The molecule has 2 atom stereocenters. The van der Waals surface area contributed by atoms with Crippen LogP contribution in [-0.2, 0) is 9.47 Å². The Balaban J connectivity index is 1.90. The highest BCUT2D eigenvalue weighted by atomic mass is 19.2. The zero-order chi connectivity index (χ0) is 13.7. The van der Waals surface area contributed by atoms with Gasteiger partial charge in [-0.15, -0.1) is 0 Å². The summed E-state index contributed by atoms with van der Waals surface area (Å²) in [5, 5.41) is 2.94. The average Bonchev–Trinajstić information content (AvgIpc) is 2.92. The summed E-state index contributed by atoms with van der Waals surface area (Å²) in [6.45, 7) is 1.56. The number of ether oxygens (including phenoxy) is 2. The smallest absolute Gasteiger partial charge is 0.163 e. The van der Waals surface area contributed by atoms with Gasteiger partial charge in [0, 0.05) is 12.2 Å². The molecule has 0 radical (unpaired) electrons.